The third-order valence-electron chi connectivity index (χ3n) is 1.49. The first-order chi connectivity index (χ1) is 6.57. The molecule has 0 bridgehead atoms. The number of hydrogen-bond donors (Lipinski definition) is 4. The van der Waals surface area contributed by atoms with Crippen LogP contribution in [-0.2, 0) is 4.79 Å². The minimum atomic E-state index is -0.957. The predicted octanol–water partition coefficient (Wildman–Crippen LogP) is -1.29. The van der Waals surface area contributed by atoms with Gasteiger partial charge in [0.05, 0.1) is 0 Å². The van der Waals surface area contributed by atoms with Gasteiger partial charge < -0.3 is 21.9 Å². The Kier molecular flexibility index (Phi) is 4.70. The molecule has 6 N–H and O–H groups in total. The Morgan fingerprint density at radius 1 is 1.77 bits per heavy atom. The van der Waals surface area contributed by atoms with Crippen LogP contribution in [0.25, 0.3) is 0 Å². The van der Waals surface area contributed by atoms with Crippen LogP contribution in [0.1, 0.15) is 14.2 Å². The summed E-state index contributed by atoms with van der Waals surface area (Å²) >= 11 is 0. The number of aliphatic imine (C=N–C) groups is 1. The molecule has 1 atom stereocenters. The summed E-state index contributed by atoms with van der Waals surface area (Å²) < 4.78 is 6.83. The normalized spacial score (nSPS) is 13.1. The van der Waals surface area contributed by atoms with Gasteiger partial charge in [0.2, 0.25) is 0 Å². The van der Waals surface area contributed by atoms with Crippen LogP contribution in [0.4, 0.5) is 0 Å². The first kappa shape index (κ1) is 9.79. The molecular formula is C7H16N4O2. The lowest BCUT2D eigenvalue weighted by molar-refractivity contribution is -0.139. The highest BCUT2D eigenvalue weighted by Crippen LogP contribution is 1.96. The van der Waals surface area contributed by atoms with Crippen LogP contribution in [0.2, 0.25) is 0 Å². The maximum absolute atomic E-state index is 10.6. The van der Waals surface area contributed by atoms with Gasteiger partial charge in [-0.25, -0.2) is 0 Å². The molecule has 0 aromatic rings. The number of likely N-dealkylation sites (N-methyl/N-ethyl adjacent to an activating group) is 1. The summed E-state index contributed by atoms with van der Waals surface area (Å²) in [5, 5.41) is 11.2. The minimum Gasteiger partial charge on any atom is -0.480 e. The van der Waals surface area contributed by atoms with Crippen LogP contribution in [0, 0.1) is 0 Å². The first-order valence-electron chi connectivity index (χ1n) is 4.59. The summed E-state index contributed by atoms with van der Waals surface area (Å²) in [6.45, 7) is 0.409. The van der Waals surface area contributed by atoms with Crippen molar-refractivity contribution in [2.24, 2.45) is 16.5 Å². The second kappa shape index (κ2) is 6.24. The van der Waals surface area contributed by atoms with Crippen LogP contribution in [-0.4, -0.2) is 36.6 Å². The molecule has 0 saturated carbocycles. The second-order valence-electron chi connectivity index (χ2n) is 2.54. The van der Waals surface area contributed by atoms with E-state index in [-0.39, 0.29) is 13.0 Å². The van der Waals surface area contributed by atoms with Crippen LogP contribution in [0.15, 0.2) is 4.99 Å². The Bertz CT molecular complexity index is 206. The van der Waals surface area contributed by atoms with E-state index in [4.69, 9.17) is 17.9 Å². The molecule has 0 spiro atoms. The maximum Gasteiger partial charge on any atom is 0.320 e. The lowest BCUT2D eigenvalue weighted by Crippen LogP contribution is -2.33. The van der Waals surface area contributed by atoms with Gasteiger partial charge in [-0.3, -0.25) is 9.79 Å². The van der Waals surface area contributed by atoms with E-state index in [2.05, 4.69) is 10.3 Å². The van der Waals surface area contributed by atoms with E-state index in [1.54, 1.807) is 0 Å². The van der Waals surface area contributed by atoms with Gasteiger partial charge in [0.1, 0.15) is 6.04 Å². The van der Waals surface area contributed by atoms with Crippen molar-refractivity contribution in [3.8, 4) is 0 Å². The molecule has 0 aliphatic rings. The highest BCUT2D eigenvalue weighted by atomic mass is 16.4. The van der Waals surface area contributed by atoms with E-state index in [9.17, 15) is 4.79 Å². The third kappa shape index (κ3) is 5.92. The molecule has 6 nitrogen and oxygen atoms in total. The largest absolute Gasteiger partial charge is 0.480 e. The van der Waals surface area contributed by atoms with Crippen LogP contribution < -0.4 is 16.8 Å². The zero-order valence-electron chi connectivity index (χ0n) is 8.36. The Morgan fingerprint density at radius 3 is 2.92 bits per heavy atom. The van der Waals surface area contributed by atoms with E-state index >= 15 is 0 Å². The predicted molar refractivity (Wildman–Crippen MR) is 50.4 cm³/mol. The Morgan fingerprint density at radius 2 is 2.46 bits per heavy atom. The summed E-state index contributed by atoms with van der Waals surface area (Å²) in [6.07, 6.45) is 0.979. The third-order valence-corrected chi connectivity index (χ3v) is 1.49. The number of nitrogens with one attached hydrogen (secondary N) is 1. The van der Waals surface area contributed by atoms with Gasteiger partial charge in [-0.1, -0.05) is 0 Å². The van der Waals surface area contributed by atoms with Gasteiger partial charge >= 0.3 is 5.97 Å². The molecule has 0 fully saturated rings. The van der Waals surface area contributed by atoms with Gasteiger partial charge in [-0.2, -0.15) is 0 Å². The van der Waals surface area contributed by atoms with Gasteiger partial charge in [0.25, 0.3) is 0 Å². The van der Waals surface area contributed by atoms with Crippen LogP contribution in [0.3, 0.4) is 0 Å². The lowest BCUT2D eigenvalue weighted by atomic mass is 10.1. The molecule has 0 amide bonds. The SMILES string of the molecule is [2H]CN[C@@H](CCCN=C(N)N)C(=O)O. The molecule has 13 heavy (non-hydrogen) atoms. The van der Waals surface area contributed by atoms with Gasteiger partial charge in [-0.15, -0.1) is 0 Å². The van der Waals surface area contributed by atoms with Gasteiger partial charge in [0.15, 0.2) is 5.96 Å². The average Bonchev–Trinajstić information content (AvgIpc) is 2.09. The molecule has 0 aromatic heterocycles. The van der Waals surface area contributed by atoms with Crippen molar-refractivity contribution in [3.63, 3.8) is 0 Å². The molecule has 0 heterocycles. The van der Waals surface area contributed by atoms with Crippen molar-refractivity contribution in [3.05, 3.63) is 0 Å². The molecule has 0 radical (unpaired) electrons. The van der Waals surface area contributed by atoms with Crippen molar-refractivity contribution in [2.75, 3.05) is 13.6 Å². The van der Waals surface area contributed by atoms with E-state index in [1.165, 1.54) is 0 Å². The lowest BCUT2D eigenvalue weighted by Gasteiger charge is -2.09. The van der Waals surface area contributed by atoms with E-state index in [0.717, 1.165) is 0 Å². The average molecular weight is 189 g/mol. The summed E-state index contributed by atoms with van der Waals surface area (Å²) in [4.78, 5) is 14.3. The number of carbonyl (C=O) groups is 1. The van der Waals surface area contributed by atoms with E-state index < -0.39 is 12.0 Å². The zero-order chi connectivity index (χ0) is 11.0. The van der Waals surface area contributed by atoms with Crippen LogP contribution >= 0.6 is 0 Å². The smallest absolute Gasteiger partial charge is 0.320 e. The number of carboxylic acids is 1. The molecular weight excluding hydrogens is 172 g/mol. The molecule has 0 aromatic carbocycles. The Hall–Kier alpha value is -1.30. The van der Waals surface area contributed by atoms with Crippen molar-refractivity contribution < 1.29 is 11.3 Å². The summed E-state index contributed by atoms with van der Waals surface area (Å²) in [7, 11) is -0.112. The Balaban J connectivity index is 3.72. The van der Waals surface area contributed by atoms with Crippen molar-refractivity contribution in [2.45, 2.75) is 18.9 Å². The summed E-state index contributed by atoms with van der Waals surface area (Å²) in [6, 6.07) is -0.693. The quantitative estimate of drug-likeness (QED) is 0.236. The first-order valence-corrected chi connectivity index (χ1v) is 3.88. The Labute approximate surface area is 78.4 Å². The molecule has 0 rings (SSSR count). The maximum atomic E-state index is 10.6. The molecule has 0 aliphatic heterocycles. The number of nitrogens with zero attached hydrogens (tertiary/aromatic N) is 1. The zero-order valence-corrected chi connectivity index (χ0v) is 7.36. The van der Waals surface area contributed by atoms with E-state index in [0.29, 0.717) is 19.4 Å². The van der Waals surface area contributed by atoms with Gasteiger partial charge in [-0.05, 0) is 19.9 Å². The van der Waals surface area contributed by atoms with E-state index in [1.807, 2.05) is 0 Å². The number of aliphatic carboxylic acids is 1. The van der Waals surface area contributed by atoms with Crippen LogP contribution in [0.5, 0.6) is 0 Å². The fourth-order valence-corrected chi connectivity index (χ4v) is 0.816. The molecule has 0 unspecified atom stereocenters. The second-order valence-corrected chi connectivity index (χ2v) is 2.54. The fourth-order valence-electron chi connectivity index (χ4n) is 0.816. The standard InChI is InChI=1S/C7H16N4O2/c1-10-5(6(12)13)3-2-4-11-7(8)9/h5,10H,2-4H2,1H3,(H,12,13)(H4,8,9,11)/t5-/m0/s1/i1D. The molecule has 0 aliphatic carbocycles. The molecule has 76 valence electrons. The number of carboxylic acid groups (broad SMARTS) is 1. The van der Waals surface area contributed by atoms with Gasteiger partial charge in [0, 0.05) is 7.92 Å². The minimum absolute atomic E-state index is 0.00493. The fraction of sp³-hybridized carbons (Fsp3) is 0.714. The molecule has 6 heteroatoms. The van der Waals surface area contributed by atoms with Crippen molar-refractivity contribution in [1.82, 2.24) is 5.32 Å². The highest BCUT2D eigenvalue weighted by Gasteiger charge is 2.13. The highest BCUT2D eigenvalue weighted by molar-refractivity contribution is 5.75. The monoisotopic (exact) mass is 189 g/mol. The summed E-state index contributed by atoms with van der Waals surface area (Å²) in [5.41, 5.74) is 10.2. The number of guanidine groups is 1. The number of nitrogens with two attached hydrogens (primary N) is 2. The van der Waals surface area contributed by atoms with Crippen molar-refractivity contribution in [1.29, 1.82) is 0 Å². The number of hydrogen-bond acceptors (Lipinski definition) is 3. The van der Waals surface area contributed by atoms with Crippen molar-refractivity contribution >= 4 is 11.9 Å². The number of rotatable bonds is 6. The topological polar surface area (TPSA) is 114 Å². The molecule has 0 saturated heterocycles. The summed E-state index contributed by atoms with van der Waals surface area (Å²) in [5.74, 6) is -0.952.